The topological polar surface area (TPSA) is 64.3 Å². The number of rotatable bonds is 4. The molecule has 0 saturated heterocycles. The van der Waals surface area contributed by atoms with E-state index in [4.69, 9.17) is 5.11 Å². The second kappa shape index (κ2) is 5.89. The highest BCUT2D eigenvalue weighted by atomic mass is 16.4. The van der Waals surface area contributed by atoms with Crippen molar-refractivity contribution in [3.8, 4) is 6.07 Å². The zero-order chi connectivity index (χ0) is 14.5. The first-order valence-corrected chi connectivity index (χ1v) is 6.27. The molecular formula is C16H14N2O2. The van der Waals surface area contributed by atoms with E-state index in [0.717, 1.165) is 5.69 Å². The quantitative estimate of drug-likeness (QED) is 0.921. The Morgan fingerprint density at radius 2 is 1.95 bits per heavy atom. The van der Waals surface area contributed by atoms with Crippen molar-refractivity contribution < 1.29 is 9.90 Å². The number of hydrogen-bond acceptors (Lipinski definition) is 3. The van der Waals surface area contributed by atoms with Crippen molar-refractivity contribution in [1.82, 2.24) is 0 Å². The number of hydrogen-bond donors (Lipinski definition) is 1. The van der Waals surface area contributed by atoms with Crippen LogP contribution in [-0.2, 0) is 0 Å². The van der Waals surface area contributed by atoms with Gasteiger partial charge in [-0.15, -0.1) is 0 Å². The van der Waals surface area contributed by atoms with Crippen molar-refractivity contribution in [3.05, 3.63) is 59.7 Å². The molecule has 0 aliphatic heterocycles. The third-order valence-corrected chi connectivity index (χ3v) is 3.04. The maximum Gasteiger partial charge on any atom is 0.335 e. The minimum Gasteiger partial charge on any atom is -0.478 e. The average molecular weight is 266 g/mol. The van der Waals surface area contributed by atoms with Crippen LogP contribution in [0.15, 0.2) is 48.5 Å². The minimum atomic E-state index is -1.03. The summed E-state index contributed by atoms with van der Waals surface area (Å²) in [6.45, 7) is 2.67. The van der Waals surface area contributed by atoms with Crippen molar-refractivity contribution in [2.45, 2.75) is 6.92 Å². The predicted octanol–water partition coefficient (Wildman–Crippen LogP) is 3.41. The Morgan fingerprint density at radius 3 is 2.50 bits per heavy atom. The van der Waals surface area contributed by atoms with Crippen molar-refractivity contribution in [2.75, 3.05) is 11.4 Å². The number of anilines is 2. The monoisotopic (exact) mass is 266 g/mol. The fourth-order valence-electron chi connectivity index (χ4n) is 2.09. The van der Waals surface area contributed by atoms with Gasteiger partial charge in [-0.3, -0.25) is 0 Å². The summed E-state index contributed by atoms with van der Waals surface area (Å²) in [6, 6.07) is 16.4. The standard InChI is InChI=1S/C16H14N2O2/c1-2-18(14-6-4-3-5-7-14)15-9-8-12(16(19)20)10-13(15)11-17/h3-10H,2H2,1H3,(H,19,20). The summed E-state index contributed by atoms with van der Waals surface area (Å²) in [6.07, 6.45) is 0. The van der Waals surface area contributed by atoms with Gasteiger partial charge in [-0.25, -0.2) is 4.79 Å². The van der Waals surface area contributed by atoms with E-state index < -0.39 is 5.97 Å². The first-order chi connectivity index (χ1) is 9.67. The minimum absolute atomic E-state index is 0.120. The lowest BCUT2D eigenvalue weighted by Gasteiger charge is -2.24. The third kappa shape index (κ3) is 2.62. The summed E-state index contributed by atoms with van der Waals surface area (Å²) in [4.78, 5) is 12.9. The molecule has 0 radical (unpaired) electrons. The van der Waals surface area contributed by atoms with Crippen LogP contribution in [0, 0.1) is 11.3 Å². The number of nitriles is 1. The van der Waals surface area contributed by atoms with Crippen molar-refractivity contribution in [2.24, 2.45) is 0 Å². The predicted molar refractivity (Wildman–Crippen MR) is 77.2 cm³/mol. The van der Waals surface area contributed by atoms with Gasteiger partial charge in [0.15, 0.2) is 0 Å². The van der Waals surface area contributed by atoms with E-state index in [-0.39, 0.29) is 5.56 Å². The largest absolute Gasteiger partial charge is 0.478 e. The molecule has 0 fully saturated rings. The molecular weight excluding hydrogens is 252 g/mol. The van der Waals surface area contributed by atoms with Gasteiger partial charge in [0, 0.05) is 12.2 Å². The molecule has 0 saturated carbocycles. The van der Waals surface area contributed by atoms with Gasteiger partial charge in [-0.2, -0.15) is 5.26 Å². The summed E-state index contributed by atoms with van der Waals surface area (Å²) in [5.74, 6) is -1.03. The van der Waals surface area contributed by atoms with Gasteiger partial charge < -0.3 is 10.0 Å². The third-order valence-electron chi connectivity index (χ3n) is 3.04. The second-order valence-corrected chi connectivity index (χ2v) is 4.23. The molecule has 0 aliphatic carbocycles. The molecule has 2 aromatic rings. The summed E-state index contributed by atoms with van der Waals surface area (Å²) in [5, 5.41) is 18.2. The fourth-order valence-corrected chi connectivity index (χ4v) is 2.09. The number of aromatic carboxylic acids is 1. The van der Waals surface area contributed by atoms with Crippen molar-refractivity contribution in [1.29, 1.82) is 5.26 Å². The lowest BCUT2D eigenvalue weighted by molar-refractivity contribution is 0.0697. The van der Waals surface area contributed by atoms with Crippen molar-refractivity contribution in [3.63, 3.8) is 0 Å². The molecule has 0 bridgehead atoms. The number of carboxylic acids is 1. The lowest BCUT2D eigenvalue weighted by atomic mass is 10.1. The number of carboxylic acid groups (broad SMARTS) is 1. The molecule has 4 heteroatoms. The van der Waals surface area contributed by atoms with Gasteiger partial charge in [-0.05, 0) is 37.3 Å². The lowest BCUT2D eigenvalue weighted by Crippen LogP contribution is -2.17. The SMILES string of the molecule is CCN(c1ccccc1)c1ccc(C(=O)O)cc1C#N. The smallest absolute Gasteiger partial charge is 0.335 e. The van der Waals surface area contributed by atoms with Crippen LogP contribution in [0.5, 0.6) is 0 Å². The van der Waals surface area contributed by atoms with Gasteiger partial charge in [0.05, 0.1) is 16.8 Å². The summed E-state index contributed by atoms with van der Waals surface area (Å²) in [7, 11) is 0. The maximum atomic E-state index is 11.0. The molecule has 0 heterocycles. The highest BCUT2D eigenvalue weighted by molar-refractivity contribution is 5.89. The molecule has 20 heavy (non-hydrogen) atoms. The van der Waals surface area contributed by atoms with E-state index in [0.29, 0.717) is 17.8 Å². The zero-order valence-electron chi connectivity index (χ0n) is 11.1. The molecule has 0 aromatic heterocycles. The van der Waals surface area contributed by atoms with E-state index in [1.807, 2.05) is 42.2 Å². The summed E-state index contributed by atoms with van der Waals surface area (Å²) < 4.78 is 0. The Kier molecular flexibility index (Phi) is 4.02. The van der Waals surface area contributed by atoms with Crippen LogP contribution in [0.3, 0.4) is 0 Å². The summed E-state index contributed by atoms with van der Waals surface area (Å²) >= 11 is 0. The average Bonchev–Trinajstić information content (AvgIpc) is 2.49. The van der Waals surface area contributed by atoms with Crippen LogP contribution in [0.25, 0.3) is 0 Å². The summed E-state index contributed by atoms with van der Waals surface area (Å²) in [5.41, 5.74) is 2.16. The molecule has 100 valence electrons. The van der Waals surface area contributed by atoms with Crippen LogP contribution >= 0.6 is 0 Å². The number of benzene rings is 2. The molecule has 4 nitrogen and oxygen atoms in total. The Balaban J connectivity index is 2.51. The van der Waals surface area contributed by atoms with Gasteiger partial charge in [0.25, 0.3) is 0 Å². The molecule has 1 N–H and O–H groups in total. The van der Waals surface area contributed by atoms with Crippen LogP contribution in [0.4, 0.5) is 11.4 Å². The van der Waals surface area contributed by atoms with E-state index in [1.165, 1.54) is 12.1 Å². The normalized spacial score (nSPS) is 9.80. The van der Waals surface area contributed by atoms with Gasteiger partial charge in [-0.1, -0.05) is 18.2 Å². The van der Waals surface area contributed by atoms with Crippen LogP contribution < -0.4 is 4.90 Å². The van der Waals surface area contributed by atoms with Gasteiger partial charge in [0.2, 0.25) is 0 Å². The Morgan fingerprint density at radius 1 is 1.25 bits per heavy atom. The van der Waals surface area contributed by atoms with Crippen LogP contribution in [0.1, 0.15) is 22.8 Å². The van der Waals surface area contributed by atoms with E-state index in [1.54, 1.807) is 6.07 Å². The second-order valence-electron chi connectivity index (χ2n) is 4.23. The molecule has 2 rings (SSSR count). The first-order valence-electron chi connectivity index (χ1n) is 6.27. The van der Waals surface area contributed by atoms with Crippen LogP contribution in [-0.4, -0.2) is 17.6 Å². The Labute approximate surface area is 117 Å². The van der Waals surface area contributed by atoms with Crippen molar-refractivity contribution >= 4 is 17.3 Å². The van der Waals surface area contributed by atoms with E-state index in [2.05, 4.69) is 6.07 Å². The number of para-hydroxylation sites is 1. The molecule has 0 amide bonds. The first kappa shape index (κ1) is 13.6. The molecule has 0 atom stereocenters. The van der Waals surface area contributed by atoms with E-state index in [9.17, 15) is 10.1 Å². The highest BCUT2D eigenvalue weighted by Crippen LogP contribution is 2.28. The molecule has 0 spiro atoms. The maximum absolute atomic E-state index is 11.0. The number of carbonyl (C=O) groups is 1. The zero-order valence-corrected chi connectivity index (χ0v) is 11.1. The Hall–Kier alpha value is -2.80. The van der Waals surface area contributed by atoms with E-state index >= 15 is 0 Å². The Bertz CT molecular complexity index is 660. The van der Waals surface area contributed by atoms with Gasteiger partial charge >= 0.3 is 5.97 Å². The molecule has 0 aliphatic rings. The molecule has 0 unspecified atom stereocenters. The van der Waals surface area contributed by atoms with Crippen LogP contribution in [0.2, 0.25) is 0 Å². The van der Waals surface area contributed by atoms with Gasteiger partial charge in [0.1, 0.15) is 6.07 Å². The molecule has 2 aromatic carbocycles. The highest BCUT2D eigenvalue weighted by Gasteiger charge is 2.14. The fraction of sp³-hybridized carbons (Fsp3) is 0.125. The number of nitrogens with zero attached hydrogens (tertiary/aromatic N) is 2.